The quantitative estimate of drug-likeness (QED) is 0.458. The molecule has 14 heteroatoms. The van der Waals surface area contributed by atoms with Crippen LogP contribution in [0, 0.1) is 6.61 Å². The zero-order chi connectivity index (χ0) is 23.0. The topological polar surface area (TPSA) is 158 Å². The molecule has 0 saturated carbocycles. The highest BCUT2D eigenvalue weighted by molar-refractivity contribution is 4.92. The van der Waals surface area contributed by atoms with Crippen LogP contribution in [0.2, 0.25) is 0 Å². The van der Waals surface area contributed by atoms with Gasteiger partial charge in [0.2, 0.25) is 0 Å². The molecule has 0 amide bonds. The summed E-state index contributed by atoms with van der Waals surface area (Å²) in [6.07, 6.45) is -8.13. The molecule has 3 N–H and O–H groups in total. The van der Waals surface area contributed by atoms with Crippen molar-refractivity contribution >= 4 is 0 Å². The number of aliphatic hydroxyl groups excluding tert-OH is 1. The van der Waals surface area contributed by atoms with Crippen molar-refractivity contribution in [2.75, 3.05) is 0 Å². The van der Waals surface area contributed by atoms with E-state index in [1.54, 1.807) is 0 Å². The molecular formula is C18H19F2N4O8. The van der Waals surface area contributed by atoms with E-state index in [0.29, 0.717) is 0 Å². The highest BCUT2D eigenvalue weighted by Gasteiger charge is 2.43. The Morgan fingerprint density at radius 3 is 2.25 bits per heavy atom. The second kappa shape index (κ2) is 8.90. The van der Waals surface area contributed by atoms with Crippen LogP contribution in [-0.4, -0.2) is 55.0 Å². The number of aromatic amines is 2. The standard InChI is InChI=1S/C18H19F2N4O8/c19-8-6-14(23-3-1-12(25)21-17(23)28)31-11(8)7-30-16(27)10-5-9(20)15(32-10)24-4-2-13(26)22-18(24)29/h1-4,7-11,14-16,27H,5-6H2,(H,21,25,28)(H,22,26,29)/t8-,9+,10-,11+,14+,15+,16?/m0/s1. The van der Waals surface area contributed by atoms with Crippen molar-refractivity contribution in [3.63, 3.8) is 0 Å². The summed E-state index contributed by atoms with van der Waals surface area (Å²) < 4.78 is 46.4. The Kier molecular flexibility index (Phi) is 6.19. The summed E-state index contributed by atoms with van der Waals surface area (Å²) in [6.45, 7) is 0.877. The van der Waals surface area contributed by atoms with Crippen molar-refractivity contribution in [1.29, 1.82) is 0 Å². The minimum absolute atomic E-state index is 0.212. The van der Waals surface area contributed by atoms with Crippen LogP contribution in [0.15, 0.2) is 43.7 Å². The van der Waals surface area contributed by atoms with Crippen LogP contribution in [0.4, 0.5) is 8.78 Å². The fourth-order valence-electron chi connectivity index (χ4n) is 3.55. The maximum absolute atomic E-state index is 14.4. The molecule has 2 fully saturated rings. The van der Waals surface area contributed by atoms with Gasteiger partial charge >= 0.3 is 11.4 Å². The van der Waals surface area contributed by atoms with Gasteiger partial charge in [0, 0.05) is 37.4 Å². The van der Waals surface area contributed by atoms with Crippen LogP contribution in [0.25, 0.3) is 0 Å². The first kappa shape index (κ1) is 22.3. The van der Waals surface area contributed by atoms with Gasteiger partial charge in [-0.1, -0.05) is 0 Å². The number of nitrogens with zero attached hydrogens (tertiary/aromatic N) is 2. The lowest BCUT2D eigenvalue weighted by Crippen LogP contribution is -2.35. The monoisotopic (exact) mass is 457 g/mol. The Labute approximate surface area is 177 Å². The highest BCUT2D eigenvalue weighted by Crippen LogP contribution is 2.34. The van der Waals surface area contributed by atoms with E-state index >= 15 is 0 Å². The molecule has 4 heterocycles. The molecule has 1 radical (unpaired) electrons. The summed E-state index contributed by atoms with van der Waals surface area (Å²) in [5.41, 5.74) is -2.92. The van der Waals surface area contributed by atoms with Gasteiger partial charge in [-0.2, -0.15) is 0 Å². The van der Waals surface area contributed by atoms with Crippen molar-refractivity contribution in [1.82, 2.24) is 19.1 Å². The number of alkyl halides is 2. The molecular weight excluding hydrogens is 438 g/mol. The Bertz CT molecular complexity index is 1190. The number of aliphatic hydroxyl groups is 1. The van der Waals surface area contributed by atoms with Gasteiger partial charge in [-0.15, -0.1) is 0 Å². The van der Waals surface area contributed by atoms with Gasteiger partial charge in [-0.3, -0.25) is 28.7 Å². The molecule has 2 saturated heterocycles. The second-order valence-electron chi connectivity index (χ2n) is 7.32. The molecule has 2 aliphatic rings. The Hall–Kier alpha value is -2.94. The third-order valence-electron chi connectivity index (χ3n) is 5.14. The Balaban J connectivity index is 1.35. The van der Waals surface area contributed by atoms with Crippen LogP contribution in [0.1, 0.15) is 25.3 Å². The van der Waals surface area contributed by atoms with E-state index in [0.717, 1.165) is 34.1 Å². The van der Waals surface area contributed by atoms with Gasteiger partial charge < -0.3 is 19.3 Å². The fourth-order valence-corrected chi connectivity index (χ4v) is 3.55. The lowest BCUT2D eigenvalue weighted by molar-refractivity contribution is -0.178. The van der Waals surface area contributed by atoms with Gasteiger partial charge in [-0.25, -0.2) is 18.4 Å². The van der Waals surface area contributed by atoms with Gasteiger partial charge in [0.1, 0.15) is 37.4 Å². The molecule has 0 aliphatic carbocycles. The third kappa shape index (κ3) is 4.48. The number of halogens is 2. The lowest BCUT2D eigenvalue weighted by Gasteiger charge is -2.21. The molecule has 2 aromatic rings. The number of aromatic nitrogens is 4. The molecule has 4 rings (SSSR count). The molecule has 0 bridgehead atoms. The summed E-state index contributed by atoms with van der Waals surface area (Å²) in [7, 11) is 0. The van der Waals surface area contributed by atoms with Crippen molar-refractivity contribution in [2.24, 2.45) is 0 Å². The van der Waals surface area contributed by atoms with E-state index in [2.05, 4.69) is 0 Å². The Morgan fingerprint density at radius 2 is 1.62 bits per heavy atom. The number of hydrogen-bond acceptors (Lipinski definition) is 8. The predicted molar refractivity (Wildman–Crippen MR) is 101 cm³/mol. The molecule has 173 valence electrons. The van der Waals surface area contributed by atoms with E-state index in [4.69, 9.17) is 14.2 Å². The fraction of sp³-hybridized carbons (Fsp3) is 0.500. The summed E-state index contributed by atoms with van der Waals surface area (Å²) in [5.74, 6) is 0. The van der Waals surface area contributed by atoms with Crippen molar-refractivity contribution in [3.05, 3.63) is 72.8 Å². The Morgan fingerprint density at radius 1 is 1.00 bits per heavy atom. The van der Waals surface area contributed by atoms with Gasteiger partial charge in [0.15, 0.2) is 12.5 Å². The molecule has 2 aliphatic heterocycles. The van der Waals surface area contributed by atoms with Crippen LogP contribution < -0.4 is 22.5 Å². The molecule has 2 aromatic heterocycles. The second-order valence-corrected chi connectivity index (χ2v) is 7.32. The average Bonchev–Trinajstić information content (AvgIpc) is 3.29. The van der Waals surface area contributed by atoms with E-state index in [1.165, 1.54) is 6.20 Å². The number of nitrogens with one attached hydrogen (secondary N) is 2. The first-order valence-corrected chi connectivity index (χ1v) is 9.62. The molecule has 12 nitrogen and oxygen atoms in total. The minimum atomic E-state index is -1.71. The smallest absolute Gasteiger partial charge is 0.330 e. The van der Waals surface area contributed by atoms with E-state index in [-0.39, 0.29) is 12.8 Å². The predicted octanol–water partition coefficient (Wildman–Crippen LogP) is -1.17. The number of rotatable bonds is 6. The minimum Gasteiger partial charge on any atom is -0.366 e. The summed E-state index contributed by atoms with van der Waals surface area (Å²) in [6, 6.07) is 2.11. The zero-order valence-corrected chi connectivity index (χ0v) is 16.3. The maximum Gasteiger partial charge on any atom is 0.330 e. The van der Waals surface area contributed by atoms with Crippen molar-refractivity contribution < 1.29 is 28.1 Å². The van der Waals surface area contributed by atoms with E-state index in [9.17, 15) is 33.1 Å². The van der Waals surface area contributed by atoms with Crippen molar-refractivity contribution in [3.8, 4) is 0 Å². The summed E-state index contributed by atoms with van der Waals surface area (Å²) >= 11 is 0. The van der Waals surface area contributed by atoms with E-state index < -0.39 is 65.8 Å². The summed E-state index contributed by atoms with van der Waals surface area (Å²) in [4.78, 5) is 50.0. The molecule has 1 unspecified atom stereocenters. The largest absolute Gasteiger partial charge is 0.366 e. The van der Waals surface area contributed by atoms with Gasteiger partial charge in [0.25, 0.3) is 11.1 Å². The normalized spacial score (nSPS) is 31.1. The number of hydrogen-bond donors (Lipinski definition) is 3. The van der Waals surface area contributed by atoms with Crippen LogP contribution in [-0.2, 0) is 14.2 Å². The maximum atomic E-state index is 14.4. The van der Waals surface area contributed by atoms with Gasteiger partial charge in [0.05, 0.1) is 0 Å². The third-order valence-corrected chi connectivity index (χ3v) is 5.14. The number of ether oxygens (including phenoxy) is 3. The average molecular weight is 457 g/mol. The van der Waals surface area contributed by atoms with Crippen LogP contribution in [0.5, 0.6) is 0 Å². The van der Waals surface area contributed by atoms with Crippen LogP contribution in [0.3, 0.4) is 0 Å². The number of H-pyrrole nitrogens is 2. The van der Waals surface area contributed by atoms with Crippen LogP contribution >= 0.6 is 0 Å². The highest BCUT2D eigenvalue weighted by atomic mass is 19.1. The SMILES string of the molecule is O=c1ccn([C@@H]2O[C@H](C(O)O[CH][C@H]3O[C@@H](n4ccc(=O)[nH]c4=O)C[C@@H]3F)C[C@H]2F)c(=O)[nH]1. The molecule has 0 spiro atoms. The van der Waals surface area contributed by atoms with E-state index in [1.807, 2.05) is 9.97 Å². The zero-order valence-electron chi connectivity index (χ0n) is 16.3. The molecule has 7 atom stereocenters. The molecule has 32 heavy (non-hydrogen) atoms. The van der Waals surface area contributed by atoms with Gasteiger partial charge in [-0.05, 0) is 0 Å². The van der Waals surface area contributed by atoms with Crippen molar-refractivity contribution in [2.45, 2.75) is 56.1 Å². The first-order chi connectivity index (χ1) is 15.2. The molecule has 0 aromatic carbocycles. The summed E-state index contributed by atoms with van der Waals surface area (Å²) in [5, 5.41) is 10.2. The lowest BCUT2D eigenvalue weighted by atomic mass is 10.2. The first-order valence-electron chi connectivity index (χ1n) is 9.62.